The molecule has 0 radical (unpaired) electrons. The van der Waals surface area contributed by atoms with Crippen LogP contribution in [0.15, 0.2) is 57.9 Å². The third kappa shape index (κ3) is 4.36. The van der Waals surface area contributed by atoms with Crippen LogP contribution in [-0.2, 0) is 21.2 Å². The van der Waals surface area contributed by atoms with Gasteiger partial charge in [0.05, 0.1) is 15.9 Å². The number of sulfonamides is 1. The third-order valence-electron chi connectivity index (χ3n) is 5.06. The average Bonchev–Trinajstić information content (AvgIpc) is 3.15. The lowest BCUT2D eigenvalue weighted by Gasteiger charge is -2.34. The van der Waals surface area contributed by atoms with Gasteiger partial charge in [0.25, 0.3) is 0 Å². The molecule has 2 heterocycles. The summed E-state index contributed by atoms with van der Waals surface area (Å²) in [4.78, 5) is 22.3. The number of carbonyl (C=O) groups excluding carboxylic acids is 1. The number of amides is 1. The van der Waals surface area contributed by atoms with E-state index in [2.05, 4.69) is 25.9 Å². The Bertz CT molecular complexity index is 1090. The summed E-state index contributed by atoms with van der Waals surface area (Å²) in [6.45, 7) is 1.40. The molecule has 0 aliphatic carbocycles. The quantitative estimate of drug-likeness (QED) is 0.613. The SMILES string of the molecule is O=C(CCc1nc2ccccc2[nH]1)N1CCN(S(=O)(=O)c2ccc(Br)cc2)CC1. The van der Waals surface area contributed by atoms with E-state index in [4.69, 9.17) is 0 Å². The molecule has 3 aromatic rings. The minimum Gasteiger partial charge on any atom is -0.342 e. The van der Waals surface area contributed by atoms with E-state index >= 15 is 0 Å². The fourth-order valence-electron chi connectivity index (χ4n) is 3.44. The molecule has 0 spiro atoms. The van der Waals surface area contributed by atoms with Crippen LogP contribution in [0.3, 0.4) is 0 Å². The fraction of sp³-hybridized carbons (Fsp3) is 0.300. The van der Waals surface area contributed by atoms with Gasteiger partial charge in [-0.1, -0.05) is 28.1 Å². The smallest absolute Gasteiger partial charge is 0.243 e. The van der Waals surface area contributed by atoms with Gasteiger partial charge in [-0.15, -0.1) is 0 Å². The fourth-order valence-corrected chi connectivity index (χ4v) is 5.13. The standard InChI is InChI=1S/C20H21BrN4O3S/c21-15-5-7-16(8-6-15)29(27,28)25-13-11-24(12-14-25)20(26)10-9-19-22-17-3-1-2-4-18(17)23-19/h1-8H,9-14H2,(H,22,23). The molecule has 0 unspecified atom stereocenters. The van der Waals surface area contributed by atoms with Gasteiger partial charge in [-0.3, -0.25) is 4.79 Å². The van der Waals surface area contributed by atoms with Gasteiger partial charge in [0.2, 0.25) is 15.9 Å². The molecular weight excluding hydrogens is 456 g/mol. The number of nitrogens with zero attached hydrogens (tertiary/aromatic N) is 3. The molecule has 7 nitrogen and oxygen atoms in total. The van der Waals surface area contributed by atoms with Gasteiger partial charge in [-0.2, -0.15) is 4.31 Å². The summed E-state index contributed by atoms with van der Waals surface area (Å²) < 4.78 is 27.8. The Hall–Kier alpha value is -2.23. The van der Waals surface area contributed by atoms with E-state index in [0.29, 0.717) is 39.0 Å². The van der Waals surface area contributed by atoms with Crippen molar-refractivity contribution in [3.8, 4) is 0 Å². The number of fused-ring (bicyclic) bond motifs is 1. The van der Waals surface area contributed by atoms with Gasteiger partial charge in [0.15, 0.2) is 0 Å². The molecule has 1 saturated heterocycles. The Morgan fingerprint density at radius 2 is 1.72 bits per heavy atom. The van der Waals surface area contributed by atoms with Crippen LogP contribution in [-0.4, -0.2) is 59.7 Å². The average molecular weight is 477 g/mol. The number of aryl methyl sites for hydroxylation is 1. The first-order valence-corrected chi connectivity index (χ1v) is 11.6. The molecule has 4 rings (SSSR count). The highest BCUT2D eigenvalue weighted by Gasteiger charge is 2.30. The molecule has 1 aliphatic rings. The van der Waals surface area contributed by atoms with Gasteiger partial charge in [0.1, 0.15) is 5.82 Å². The number of nitrogens with one attached hydrogen (secondary N) is 1. The van der Waals surface area contributed by atoms with Crippen LogP contribution in [0.4, 0.5) is 0 Å². The second kappa shape index (κ2) is 8.25. The molecule has 1 aliphatic heterocycles. The number of para-hydroxylation sites is 2. The molecule has 9 heteroatoms. The summed E-state index contributed by atoms with van der Waals surface area (Å²) >= 11 is 3.31. The topological polar surface area (TPSA) is 86.4 Å². The predicted molar refractivity (Wildman–Crippen MR) is 114 cm³/mol. The molecule has 0 atom stereocenters. The number of H-pyrrole nitrogens is 1. The number of benzene rings is 2. The molecule has 1 amide bonds. The van der Waals surface area contributed by atoms with Crippen molar-refractivity contribution in [3.05, 3.63) is 58.8 Å². The molecule has 1 aromatic heterocycles. The molecule has 2 aromatic carbocycles. The first-order valence-electron chi connectivity index (χ1n) is 9.40. The normalized spacial score (nSPS) is 15.7. The monoisotopic (exact) mass is 476 g/mol. The van der Waals surface area contributed by atoms with Crippen molar-refractivity contribution >= 4 is 42.9 Å². The summed E-state index contributed by atoms with van der Waals surface area (Å²) in [6.07, 6.45) is 0.879. The molecule has 0 bridgehead atoms. The van der Waals surface area contributed by atoms with Crippen LogP contribution < -0.4 is 0 Å². The Morgan fingerprint density at radius 1 is 1.03 bits per heavy atom. The molecule has 152 valence electrons. The number of aromatic amines is 1. The lowest BCUT2D eigenvalue weighted by molar-refractivity contribution is -0.132. The van der Waals surface area contributed by atoms with Crippen molar-refractivity contribution in [1.29, 1.82) is 0 Å². The van der Waals surface area contributed by atoms with Crippen LogP contribution in [0.5, 0.6) is 0 Å². The van der Waals surface area contributed by atoms with Crippen molar-refractivity contribution in [2.45, 2.75) is 17.7 Å². The maximum atomic E-state index is 12.8. The minimum atomic E-state index is -3.54. The maximum Gasteiger partial charge on any atom is 0.243 e. The van der Waals surface area contributed by atoms with E-state index in [1.54, 1.807) is 29.2 Å². The zero-order valence-electron chi connectivity index (χ0n) is 15.7. The zero-order valence-corrected chi connectivity index (χ0v) is 18.1. The molecular formula is C20H21BrN4O3S. The Labute approximate surface area is 177 Å². The van der Waals surface area contributed by atoms with Crippen molar-refractivity contribution in [2.24, 2.45) is 0 Å². The van der Waals surface area contributed by atoms with Crippen molar-refractivity contribution in [2.75, 3.05) is 26.2 Å². The number of rotatable bonds is 5. The van der Waals surface area contributed by atoms with Crippen LogP contribution in [0.25, 0.3) is 11.0 Å². The number of piperazine rings is 1. The van der Waals surface area contributed by atoms with Crippen molar-refractivity contribution < 1.29 is 13.2 Å². The third-order valence-corrected chi connectivity index (χ3v) is 7.50. The van der Waals surface area contributed by atoms with E-state index in [0.717, 1.165) is 21.3 Å². The van der Waals surface area contributed by atoms with E-state index in [1.165, 1.54) is 4.31 Å². The lowest BCUT2D eigenvalue weighted by atomic mass is 10.2. The van der Waals surface area contributed by atoms with E-state index in [1.807, 2.05) is 24.3 Å². The molecule has 1 N–H and O–H groups in total. The largest absolute Gasteiger partial charge is 0.342 e. The Balaban J connectivity index is 1.32. The Morgan fingerprint density at radius 3 is 2.41 bits per heavy atom. The van der Waals surface area contributed by atoms with Gasteiger partial charge in [-0.05, 0) is 36.4 Å². The Kier molecular flexibility index (Phi) is 5.71. The highest BCUT2D eigenvalue weighted by Crippen LogP contribution is 2.20. The van der Waals surface area contributed by atoms with Crippen LogP contribution in [0.1, 0.15) is 12.2 Å². The highest BCUT2D eigenvalue weighted by atomic mass is 79.9. The number of carbonyl (C=O) groups is 1. The van der Waals surface area contributed by atoms with Gasteiger partial charge < -0.3 is 9.88 Å². The van der Waals surface area contributed by atoms with Crippen LogP contribution >= 0.6 is 15.9 Å². The van der Waals surface area contributed by atoms with E-state index < -0.39 is 10.0 Å². The zero-order chi connectivity index (χ0) is 20.4. The number of hydrogen-bond acceptors (Lipinski definition) is 4. The molecule has 0 saturated carbocycles. The van der Waals surface area contributed by atoms with Crippen LogP contribution in [0, 0.1) is 0 Å². The van der Waals surface area contributed by atoms with Crippen molar-refractivity contribution in [3.63, 3.8) is 0 Å². The summed E-state index contributed by atoms with van der Waals surface area (Å²) in [5.74, 6) is 0.808. The van der Waals surface area contributed by atoms with Gasteiger partial charge >= 0.3 is 0 Å². The van der Waals surface area contributed by atoms with Crippen LogP contribution in [0.2, 0.25) is 0 Å². The number of hydrogen-bond donors (Lipinski definition) is 1. The minimum absolute atomic E-state index is 0.0196. The second-order valence-electron chi connectivity index (χ2n) is 6.94. The summed E-state index contributed by atoms with van der Waals surface area (Å²) in [5.41, 5.74) is 1.85. The first-order chi connectivity index (χ1) is 13.9. The highest BCUT2D eigenvalue weighted by molar-refractivity contribution is 9.10. The first kappa shape index (κ1) is 20.1. The molecule has 1 fully saturated rings. The maximum absolute atomic E-state index is 12.8. The van der Waals surface area contributed by atoms with Gasteiger partial charge in [-0.25, -0.2) is 13.4 Å². The predicted octanol–water partition coefficient (Wildman–Crippen LogP) is 2.79. The lowest BCUT2D eigenvalue weighted by Crippen LogP contribution is -2.50. The molecule has 29 heavy (non-hydrogen) atoms. The van der Waals surface area contributed by atoms with Crippen molar-refractivity contribution in [1.82, 2.24) is 19.2 Å². The number of imidazole rings is 1. The second-order valence-corrected chi connectivity index (χ2v) is 9.79. The van der Waals surface area contributed by atoms with E-state index in [9.17, 15) is 13.2 Å². The van der Waals surface area contributed by atoms with E-state index in [-0.39, 0.29) is 10.8 Å². The summed E-state index contributed by atoms with van der Waals surface area (Å²) in [5, 5.41) is 0. The summed E-state index contributed by atoms with van der Waals surface area (Å²) in [7, 11) is -3.54. The summed E-state index contributed by atoms with van der Waals surface area (Å²) in [6, 6.07) is 14.4. The van der Waals surface area contributed by atoms with Gasteiger partial charge in [0, 0.05) is 43.5 Å². The number of aromatic nitrogens is 2. The number of halogens is 1.